The standard InChI is InChI=1S/C16H22N4O2S/c1-10-7-14(11(2)22-10)15(21)19-12-3-5-20(6-4-12)9-13-8-18-16(17)23-13/h7-8,12H,3-6,9H2,1-2H3,(H2,17,18)(H,19,21). The molecule has 3 heterocycles. The Morgan fingerprint density at radius 1 is 1.48 bits per heavy atom. The SMILES string of the molecule is Cc1cc(C(=O)NC2CCN(Cc3cnc(N)s3)CC2)c(C)o1. The fourth-order valence-electron chi connectivity index (χ4n) is 2.97. The van der Waals surface area contributed by atoms with Crippen LogP contribution in [-0.2, 0) is 6.54 Å². The number of anilines is 1. The van der Waals surface area contributed by atoms with Gasteiger partial charge in [0.2, 0.25) is 0 Å². The van der Waals surface area contributed by atoms with Crippen molar-refractivity contribution < 1.29 is 9.21 Å². The third-order valence-electron chi connectivity index (χ3n) is 4.16. The molecule has 0 bridgehead atoms. The van der Waals surface area contributed by atoms with Crippen molar-refractivity contribution >= 4 is 22.4 Å². The van der Waals surface area contributed by atoms with Gasteiger partial charge in [-0.1, -0.05) is 0 Å². The molecule has 0 atom stereocenters. The van der Waals surface area contributed by atoms with Crippen molar-refractivity contribution in [1.82, 2.24) is 15.2 Å². The molecule has 1 aliphatic rings. The minimum Gasteiger partial charge on any atom is -0.466 e. The minimum absolute atomic E-state index is 0.0342. The highest BCUT2D eigenvalue weighted by molar-refractivity contribution is 7.15. The van der Waals surface area contributed by atoms with Gasteiger partial charge >= 0.3 is 0 Å². The minimum atomic E-state index is -0.0342. The van der Waals surface area contributed by atoms with Crippen LogP contribution in [-0.4, -0.2) is 34.9 Å². The molecule has 0 saturated carbocycles. The Hall–Kier alpha value is -1.86. The van der Waals surface area contributed by atoms with Crippen molar-refractivity contribution in [2.45, 2.75) is 39.3 Å². The number of furan rings is 1. The number of thiazole rings is 1. The van der Waals surface area contributed by atoms with Crippen molar-refractivity contribution in [3.63, 3.8) is 0 Å². The Balaban J connectivity index is 1.49. The van der Waals surface area contributed by atoms with Crippen LogP contribution in [0.15, 0.2) is 16.7 Å². The van der Waals surface area contributed by atoms with E-state index < -0.39 is 0 Å². The predicted molar refractivity (Wildman–Crippen MR) is 90.5 cm³/mol. The first-order valence-electron chi connectivity index (χ1n) is 7.81. The maximum atomic E-state index is 12.3. The van der Waals surface area contributed by atoms with E-state index in [-0.39, 0.29) is 11.9 Å². The second-order valence-electron chi connectivity index (χ2n) is 6.02. The summed E-state index contributed by atoms with van der Waals surface area (Å²) >= 11 is 1.54. The van der Waals surface area contributed by atoms with Gasteiger partial charge in [-0.25, -0.2) is 4.98 Å². The van der Waals surface area contributed by atoms with Gasteiger partial charge in [0.05, 0.1) is 5.56 Å². The number of piperidine rings is 1. The van der Waals surface area contributed by atoms with Crippen molar-refractivity contribution in [3.8, 4) is 0 Å². The molecule has 6 nitrogen and oxygen atoms in total. The van der Waals surface area contributed by atoms with Gasteiger partial charge in [-0.15, -0.1) is 11.3 Å². The zero-order chi connectivity index (χ0) is 16.4. The number of carbonyl (C=O) groups excluding carboxylic acids is 1. The van der Waals surface area contributed by atoms with Crippen LogP contribution in [0.25, 0.3) is 0 Å². The third-order valence-corrected chi connectivity index (χ3v) is 4.97. The summed E-state index contributed by atoms with van der Waals surface area (Å²) in [6.07, 6.45) is 3.75. The molecule has 0 aromatic carbocycles. The smallest absolute Gasteiger partial charge is 0.255 e. The first-order chi connectivity index (χ1) is 11.0. The normalized spacial score (nSPS) is 16.6. The van der Waals surface area contributed by atoms with Gasteiger partial charge in [0.1, 0.15) is 11.5 Å². The lowest BCUT2D eigenvalue weighted by Gasteiger charge is -2.31. The van der Waals surface area contributed by atoms with Gasteiger partial charge < -0.3 is 15.5 Å². The van der Waals surface area contributed by atoms with Crippen LogP contribution in [0.1, 0.15) is 39.6 Å². The Bertz CT molecular complexity index is 686. The van der Waals surface area contributed by atoms with Crippen LogP contribution in [0.5, 0.6) is 0 Å². The van der Waals surface area contributed by atoms with E-state index in [0.29, 0.717) is 16.5 Å². The number of aromatic nitrogens is 1. The molecular weight excluding hydrogens is 312 g/mol. The molecule has 1 fully saturated rings. The number of nitrogens with one attached hydrogen (secondary N) is 1. The lowest BCUT2D eigenvalue weighted by atomic mass is 10.0. The first kappa shape index (κ1) is 16.0. The molecule has 23 heavy (non-hydrogen) atoms. The van der Waals surface area contributed by atoms with Crippen LogP contribution >= 0.6 is 11.3 Å². The lowest BCUT2D eigenvalue weighted by Crippen LogP contribution is -2.44. The molecule has 124 valence electrons. The molecule has 0 spiro atoms. The summed E-state index contributed by atoms with van der Waals surface area (Å²) in [5, 5.41) is 3.74. The Labute approximate surface area is 139 Å². The highest BCUT2D eigenvalue weighted by Gasteiger charge is 2.23. The van der Waals surface area contributed by atoms with Gasteiger partial charge in [-0.05, 0) is 32.8 Å². The second-order valence-corrected chi connectivity index (χ2v) is 7.16. The van der Waals surface area contributed by atoms with E-state index in [2.05, 4.69) is 15.2 Å². The molecule has 3 rings (SSSR count). The van der Waals surface area contributed by atoms with Gasteiger partial charge in [0.25, 0.3) is 5.91 Å². The zero-order valence-corrected chi connectivity index (χ0v) is 14.3. The summed E-state index contributed by atoms with van der Waals surface area (Å²) in [4.78, 5) is 20.0. The predicted octanol–water partition coefficient (Wildman–Crippen LogP) is 2.33. The molecule has 3 N–H and O–H groups in total. The number of nitrogens with two attached hydrogens (primary N) is 1. The van der Waals surface area contributed by atoms with Crippen molar-refractivity contribution in [1.29, 1.82) is 0 Å². The van der Waals surface area contributed by atoms with E-state index in [4.69, 9.17) is 10.2 Å². The van der Waals surface area contributed by atoms with Gasteiger partial charge in [0.15, 0.2) is 5.13 Å². The van der Waals surface area contributed by atoms with E-state index in [1.54, 1.807) is 6.07 Å². The molecule has 2 aromatic heterocycles. The summed E-state index contributed by atoms with van der Waals surface area (Å²) in [7, 11) is 0. The van der Waals surface area contributed by atoms with Crippen LogP contribution in [0.3, 0.4) is 0 Å². The van der Waals surface area contributed by atoms with Gasteiger partial charge in [-0.3, -0.25) is 9.69 Å². The molecule has 7 heteroatoms. The number of rotatable bonds is 4. The first-order valence-corrected chi connectivity index (χ1v) is 8.63. The Kier molecular flexibility index (Phi) is 4.68. The fraction of sp³-hybridized carbons (Fsp3) is 0.500. The van der Waals surface area contributed by atoms with Crippen LogP contribution in [0.4, 0.5) is 5.13 Å². The summed E-state index contributed by atoms with van der Waals surface area (Å²) < 4.78 is 5.43. The largest absolute Gasteiger partial charge is 0.466 e. The van der Waals surface area contributed by atoms with Crippen LogP contribution in [0, 0.1) is 13.8 Å². The lowest BCUT2D eigenvalue weighted by molar-refractivity contribution is 0.0907. The Morgan fingerprint density at radius 2 is 2.22 bits per heavy atom. The number of carbonyl (C=O) groups is 1. The maximum absolute atomic E-state index is 12.3. The summed E-state index contributed by atoms with van der Waals surface area (Å²) in [6, 6.07) is 2.02. The highest BCUT2D eigenvalue weighted by Crippen LogP contribution is 2.20. The topological polar surface area (TPSA) is 84.4 Å². The van der Waals surface area contributed by atoms with Crippen LogP contribution < -0.4 is 11.1 Å². The van der Waals surface area contributed by atoms with E-state index in [9.17, 15) is 4.79 Å². The number of amides is 1. The average molecular weight is 334 g/mol. The molecule has 2 aromatic rings. The number of likely N-dealkylation sites (tertiary alicyclic amines) is 1. The molecular formula is C16H22N4O2S. The van der Waals surface area contributed by atoms with Gasteiger partial charge in [-0.2, -0.15) is 0 Å². The Morgan fingerprint density at radius 3 is 2.78 bits per heavy atom. The van der Waals surface area contributed by atoms with E-state index in [1.165, 1.54) is 16.2 Å². The van der Waals surface area contributed by atoms with Crippen molar-refractivity contribution in [2.24, 2.45) is 0 Å². The number of nitrogen functional groups attached to an aromatic ring is 1. The van der Waals surface area contributed by atoms with E-state index in [0.717, 1.165) is 38.2 Å². The second kappa shape index (κ2) is 6.72. The molecule has 1 aliphatic heterocycles. The number of aryl methyl sites for hydroxylation is 2. The van der Waals surface area contributed by atoms with E-state index in [1.807, 2.05) is 20.0 Å². The fourth-order valence-corrected chi connectivity index (χ4v) is 3.70. The third kappa shape index (κ3) is 3.92. The monoisotopic (exact) mass is 334 g/mol. The average Bonchev–Trinajstić information content (AvgIpc) is 3.06. The zero-order valence-electron chi connectivity index (χ0n) is 13.5. The van der Waals surface area contributed by atoms with Crippen molar-refractivity contribution in [2.75, 3.05) is 18.8 Å². The molecule has 1 saturated heterocycles. The van der Waals surface area contributed by atoms with Crippen molar-refractivity contribution in [3.05, 3.63) is 34.2 Å². The number of hydrogen-bond donors (Lipinski definition) is 2. The van der Waals surface area contributed by atoms with E-state index >= 15 is 0 Å². The molecule has 0 unspecified atom stereocenters. The summed E-state index contributed by atoms with van der Waals surface area (Å²) in [5.41, 5.74) is 6.31. The van der Waals surface area contributed by atoms with Crippen LogP contribution in [0.2, 0.25) is 0 Å². The maximum Gasteiger partial charge on any atom is 0.255 e. The number of nitrogens with zero attached hydrogens (tertiary/aromatic N) is 2. The quantitative estimate of drug-likeness (QED) is 0.896. The summed E-state index contributed by atoms with van der Waals surface area (Å²) in [6.45, 7) is 6.49. The summed E-state index contributed by atoms with van der Waals surface area (Å²) in [5.74, 6) is 1.42. The van der Waals surface area contributed by atoms with Gasteiger partial charge in [0, 0.05) is 36.8 Å². The highest BCUT2D eigenvalue weighted by atomic mass is 32.1. The molecule has 0 aliphatic carbocycles. The molecule has 0 radical (unpaired) electrons. The molecule has 1 amide bonds. The number of hydrogen-bond acceptors (Lipinski definition) is 6.